The highest BCUT2D eigenvalue weighted by molar-refractivity contribution is 5.77. The van der Waals surface area contributed by atoms with Crippen molar-refractivity contribution in [2.24, 2.45) is 0 Å². The molecule has 1 N–H and O–H groups in total. The van der Waals surface area contributed by atoms with Gasteiger partial charge < -0.3 is 15.0 Å². The molecule has 0 spiro atoms. The lowest BCUT2D eigenvalue weighted by Crippen LogP contribution is -2.49. The number of nitrogens with zero attached hydrogens (tertiary/aromatic N) is 3. The number of nitriles is 1. The first-order chi connectivity index (χ1) is 9.26. The Bertz CT molecular complexity index is 296. The van der Waals surface area contributed by atoms with E-state index in [1.807, 2.05) is 0 Å². The molecule has 1 amide bonds. The monoisotopic (exact) mass is 268 g/mol. The summed E-state index contributed by atoms with van der Waals surface area (Å²) >= 11 is 0. The third kappa shape index (κ3) is 7.11. The number of rotatable bonds is 8. The maximum atomic E-state index is 11.6. The largest absolute Gasteiger partial charge is 0.383 e. The summed E-state index contributed by atoms with van der Waals surface area (Å²) in [7, 11) is 1.62. The second kappa shape index (κ2) is 9.73. The minimum absolute atomic E-state index is 0.0648. The van der Waals surface area contributed by atoms with Crippen LogP contribution in [0.3, 0.4) is 0 Å². The van der Waals surface area contributed by atoms with Gasteiger partial charge in [-0.15, -0.1) is 0 Å². The Morgan fingerprint density at radius 3 is 2.63 bits per heavy atom. The van der Waals surface area contributed by atoms with Gasteiger partial charge in [0, 0.05) is 46.3 Å². The second-order valence-corrected chi connectivity index (χ2v) is 4.72. The SMILES string of the molecule is COCCNC(=O)CN1CCN(CCCC#N)CC1. The molecule has 0 radical (unpaired) electrons. The van der Waals surface area contributed by atoms with Gasteiger partial charge in [-0.2, -0.15) is 5.26 Å². The molecule has 1 saturated heterocycles. The Morgan fingerprint density at radius 2 is 2.00 bits per heavy atom. The van der Waals surface area contributed by atoms with Gasteiger partial charge in [0.2, 0.25) is 5.91 Å². The first kappa shape index (κ1) is 15.9. The van der Waals surface area contributed by atoms with Gasteiger partial charge in [0.15, 0.2) is 0 Å². The minimum Gasteiger partial charge on any atom is -0.383 e. The number of piperazine rings is 1. The molecule has 0 aliphatic carbocycles. The van der Waals surface area contributed by atoms with E-state index in [0.29, 0.717) is 26.1 Å². The van der Waals surface area contributed by atoms with Gasteiger partial charge in [-0.25, -0.2) is 0 Å². The van der Waals surface area contributed by atoms with E-state index in [2.05, 4.69) is 21.2 Å². The van der Waals surface area contributed by atoms with Gasteiger partial charge in [-0.3, -0.25) is 9.69 Å². The standard InChI is InChI=1S/C13H24N4O2/c1-19-11-5-15-13(18)12-17-9-7-16(8-10-17)6-3-2-4-14/h2-3,5-12H2,1H3,(H,15,18). The number of ether oxygens (including phenoxy) is 1. The van der Waals surface area contributed by atoms with Crippen molar-refractivity contribution in [1.29, 1.82) is 5.26 Å². The van der Waals surface area contributed by atoms with Crippen molar-refractivity contribution in [2.45, 2.75) is 12.8 Å². The summed E-state index contributed by atoms with van der Waals surface area (Å²) < 4.78 is 4.89. The van der Waals surface area contributed by atoms with E-state index < -0.39 is 0 Å². The predicted molar refractivity (Wildman–Crippen MR) is 72.6 cm³/mol. The van der Waals surface area contributed by atoms with Crippen molar-refractivity contribution in [3.05, 3.63) is 0 Å². The Labute approximate surface area is 115 Å². The van der Waals surface area contributed by atoms with Crippen molar-refractivity contribution < 1.29 is 9.53 Å². The van der Waals surface area contributed by atoms with Crippen molar-refractivity contribution in [3.63, 3.8) is 0 Å². The highest BCUT2D eigenvalue weighted by Gasteiger charge is 2.18. The fourth-order valence-electron chi connectivity index (χ4n) is 2.10. The quantitative estimate of drug-likeness (QED) is 0.611. The van der Waals surface area contributed by atoms with Gasteiger partial charge in [-0.1, -0.05) is 0 Å². The molecule has 0 saturated carbocycles. The summed E-state index contributed by atoms with van der Waals surface area (Å²) in [5.74, 6) is 0.0648. The summed E-state index contributed by atoms with van der Waals surface area (Å²) in [4.78, 5) is 16.1. The second-order valence-electron chi connectivity index (χ2n) is 4.72. The van der Waals surface area contributed by atoms with Gasteiger partial charge >= 0.3 is 0 Å². The van der Waals surface area contributed by atoms with Crippen LogP contribution < -0.4 is 5.32 Å². The summed E-state index contributed by atoms with van der Waals surface area (Å²) in [6.07, 6.45) is 1.57. The van der Waals surface area contributed by atoms with E-state index in [4.69, 9.17) is 10.00 Å². The van der Waals surface area contributed by atoms with Gasteiger partial charge in [0.05, 0.1) is 19.2 Å². The number of hydrogen-bond donors (Lipinski definition) is 1. The number of carbonyl (C=O) groups excluding carboxylic acids is 1. The maximum Gasteiger partial charge on any atom is 0.234 e. The van der Waals surface area contributed by atoms with Crippen LogP contribution in [0.25, 0.3) is 0 Å². The molecule has 0 bridgehead atoms. The number of unbranched alkanes of at least 4 members (excludes halogenated alkanes) is 1. The van der Waals surface area contributed by atoms with E-state index >= 15 is 0 Å². The van der Waals surface area contributed by atoms with Crippen molar-refractivity contribution in [2.75, 3.05) is 59.5 Å². The number of amides is 1. The van der Waals surface area contributed by atoms with E-state index in [9.17, 15) is 4.79 Å². The van der Waals surface area contributed by atoms with Crippen LogP contribution in [0.2, 0.25) is 0 Å². The molecule has 0 aromatic carbocycles. The smallest absolute Gasteiger partial charge is 0.234 e. The molecule has 0 aromatic heterocycles. The zero-order valence-electron chi connectivity index (χ0n) is 11.7. The Hall–Kier alpha value is -1.16. The molecule has 1 aliphatic heterocycles. The number of hydrogen-bond acceptors (Lipinski definition) is 5. The lowest BCUT2D eigenvalue weighted by atomic mass is 10.2. The Kier molecular flexibility index (Phi) is 8.14. The van der Waals surface area contributed by atoms with Crippen LogP contribution >= 0.6 is 0 Å². The average molecular weight is 268 g/mol. The summed E-state index contributed by atoms with van der Waals surface area (Å²) in [5, 5.41) is 11.3. The van der Waals surface area contributed by atoms with Crippen molar-refractivity contribution in [3.8, 4) is 6.07 Å². The zero-order valence-corrected chi connectivity index (χ0v) is 11.7. The predicted octanol–water partition coefficient (Wildman–Crippen LogP) is -0.330. The third-order valence-electron chi connectivity index (χ3n) is 3.22. The molecule has 1 rings (SSSR count). The maximum absolute atomic E-state index is 11.6. The van der Waals surface area contributed by atoms with Crippen molar-refractivity contribution in [1.82, 2.24) is 15.1 Å². The van der Waals surface area contributed by atoms with Crippen LogP contribution in [0.4, 0.5) is 0 Å². The van der Waals surface area contributed by atoms with Crippen LogP contribution in [-0.2, 0) is 9.53 Å². The molecule has 1 fully saturated rings. The van der Waals surface area contributed by atoms with Crippen LogP contribution in [0.15, 0.2) is 0 Å². The number of methoxy groups -OCH3 is 1. The molecular weight excluding hydrogens is 244 g/mol. The average Bonchev–Trinajstić information content (AvgIpc) is 2.41. The lowest BCUT2D eigenvalue weighted by Gasteiger charge is -2.34. The zero-order chi connectivity index (χ0) is 13.9. The van der Waals surface area contributed by atoms with Crippen molar-refractivity contribution >= 4 is 5.91 Å². The fourth-order valence-corrected chi connectivity index (χ4v) is 2.10. The van der Waals surface area contributed by atoms with Crippen LogP contribution in [-0.4, -0.2) is 75.2 Å². The van der Waals surface area contributed by atoms with Crippen LogP contribution in [0.5, 0.6) is 0 Å². The lowest BCUT2D eigenvalue weighted by molar-refractivity contribution is -0.122. The van der Waals surface area contributed by atoms with Gasteiger partial charge in [-0.05, 0) is 13.0 Å². The Balaban J connectivity index is 2.09. The molecule has 0 unspecified atom stereocenters. The summed E-state index contributed by atoms with van der Waals surface area (Å²) in [5.41, 5.74) is 0. The van der Waals surface area contributed by atoms with Gasteiger partial charge in [0.1, 0.15) is 0 Å². The first-order valence-electron chi connectivity index (χ1n) is 6.83. The molecule has 6 heteroatoms. The van der Waals surface area contributed by atoms with Crippen LogP contribution in [0.1, 0.15) is 12.8 Å². The number of nitrogens with one attached hydrogen (secondary N) is 1. The van der Waals surface area contributed by atoms with Crippen LogP contribution in [0, 0.1) is 11.3 Å². The molecule has 1 aliphatic rings. The Morgan fingerprint density at radius 1 is 1.32 bits per heavy atom. The van der Waals surface area contributed by atoms with E-state index in [0.717, 1.165) is 39.1 Å². The van der Waals surface area contributed by atoms with E-state index in [1.165, 1.54) is 0 Å². The molecular formula is C13H24N4O2. The highest BCUT2D eigenvalue weighted by atomic mass is 16.5. The fraction of sp³-hybridized carbons (Fsp3) is 0.846. The molecule has 108 valence electrons. The molecule has 1 heterocycles. The van der Waals surface area contributed by atoms with E-state index in [1.54, 1.807) is 7.11 Å². The summed E-state index contributed by atoms with van der Waals surface area (Å²) in [6.45, 7) is 6.39. The van der Waals surface area contributed by atoms with E-state index in [-0.39, 0.29) is 5.91 Å². The highest BCUT2D eigenvalue weighted by Crippen LogP contribution is 2.03. The first-order valence-corrected chi connectivity index (χ1v) is 6.83. The third-order valence-corrected chi connectivity index (χ3v) is 3.22. The number of carbonyl (C=O) groups is 1. The van der Waals surface area contributed by atoms with Gasteiger partial charge in [0.25, 0.3) is 0 Å². The molecule has 0 aromatic rings. The molecule has 0 atom stereocenters. The minimum atomic E-state index is 0.0648. The normalized spacial score (nSPS) is 17.1. The molecule has 19 heavy (non-hydrogen) atoms. The molecule has 6 nitrogen and oxygen atoms in total. The topological polar surface area (TPSA) is 68.6 Å². The summed E-state index contributed by atoms with van der Waals surface area (Å²) in [6, 6.07) is 2.17.